The van der Waals surface area contributed by atoms with E-state index in [1.807, 2.05) is 24.4 Å². The van der Waals surface area contributed by atoms with E-state index in [2.05, 4.69) is 44.9 Å². The summed E-state index contributed by atoms with van der Waals surface area (Å²) in [6.07, 6.45) is 3.63. The van der Waals surface area contributed by atoms with E-state index in [0.29, 0.717) is 0 Å². The van der Waals surface area contributed by atoms with E-state index in [9.17, 15) is 0 Å². The monoisotopic (exact) mass is 262 g/mol. The molecule has 1 heterocycles. The summed E-state index contributed by atoms with van der Waals surface area (Å²) in [5, 5.41) is 5.50. The van der Waals surface area contributed by atoms with Crippen LogP contribution in [0.5, 0.6) is 0 Å². The van der Waals surface area contributed by atoms with E-state index in [1.54, 1.807) is 0 Å². The van der Waals surface area contributed by atoms with Gasteiger partial charge < -0.3 is 5.32 Å². The summed E-state index contributed by atoms with van der Waals surface area (Å²) in [6.45, 7) is 4.39. The van der Waals surface area contributed by atoms with Crippen LogP contribution in [0, 0.1) is 0 Å². The largest absolute Gasteiger partial charge is 0.366 e. The summed E-state index contributed by atoms with van der Waals surface area (Å²) in [4.78, 5) is 4.34. The van der Waals surface area contributed by atoms with Gasteiger partial charge in [-0.05, 0) is 15.9 Å². The minimum Gasteiger partial charge on any atom is -0.366 e. The van der Waals surface area contributed by atoms with Crippen LogP contribution in [0.15, 0.2) is 47.6 Å². The average Bonchev–Trinajstić information content (AvgIpc) is 2.29. The first-order chi connectivity index (χ1) is 7.33. The van der Waals surface area contributed by atoms with Gasteiger partial charge in [-0.1, -0.05) is 30.3 Å². The fourth-order valence-corrected chi connectivity index (χ4v) is 1.92. The Morgan fingerprint density at radius 1 is 1.33 bits per heavy atom. The number of nitrogens with zero attached hydrogens (tertiary/aromatic N) is 1. The number of halogens is 1. The second-order valence-corrected chi connectivity index (χ2v) is 4.02. The Morgan fingerprint density at radius 2 is 2.07 bits per heavy atom. The van der Waals surface area contributed by atoms with Crippen molar-refractivity contribution < 1.29 is 0 Å². The van der Waals surface area contributed by atoms with Crippen molar-refractivity contribution in [3.05, 3.63) is 47.6 Å². The molecular weight excluding hydrogens is 252 g/mol. The molecule has 2 rings (SSSR count). The van der Waals surface area contributed by atoms with Gasteiger partial charge in [0.05, 0.1) is 0 Å². The zero-order valence-corrected chi connectivity index (χ0v) is 9.79. The first kappa shape index (κ1) is 10.2. The van der Waals surface area contributed by atoms with E-state index < -0.39 is 0 Å². The molecule has 0 amide bonds. The third-order valence-electron chi connectivity index (χ3n) is 2.16. The quantitative estimate of drug-likeness (QED) is 0.856. The van der Waals surface area contributed by atoms with Crippen molar-refractivity contribution in [1.29, 1.82) is 0 Å². The standard InChI is InChI=1S/C12H11BrN2/c1-2-7-14-12-10-6-4-3-5-9(10)11(13)8-15-12/h2-6,8H,1,7H2,(H,14,15). The highest BCUT2D eigenvalue weighted by atomic mass is 79.9. The van der Waals surface area contributed by atoms with Crippen molar-refractivity contribution in [2.75, 3.05) is 11.9 Å². The highest BCUT2D eigenvalue weighted by Gasteiger charge is 2.03. The maximum atomic E-state index is 4.34. The lowest BCUT2D eigenvalue weighted by Crippen LogP contribution is -2.00. The maximum absolute atomic E-state index is 4.34. The Balaban J connectivity index is 2.56. The van der Waals surface area contributed by atoms with Crippen molar-refractivity contribution in [2.24, 2.45) is 0 Å². The molecule has 2 nitrogen and oxygen atoms in total. The van der Waals surface area contributed by atoms with Gasteiger partial charge in [0, 0.05) is 28.0 Å². The Kier molecular flexibility index (Phi) is 3.02. The number of hydrogen-bond donors (Lipinski definition) is 1. The molecule has 0 unspecified atom stereocenters. The summed E-state index contributed by atoms with van der Waals surface area (Å²) in [6, 6.07) is 8.15. The molecule has 0 bridgehead atoms. The molecule has 3 heteroatoms. The number of pyridine rings is 1. The van der Waals surface area contributed by atoms with Crippen LogP contribution in [0.4, 0.5) is 5.82 Å². The molecule has 1 N–H and O–H groups in total. The maximum Gasteiger partial charge on any atom is 0.134 e. The molecule has 0 atom stereocenters. The van der Waals surface area contributed by atoms with Gasteiger partial charge in [-0.2, -0.15) is 0 Å². The van der Waals surface area contributed by atoms with Crippen LogP contribution < -0.4 is 5.32 Å². The third-order valence-corrected chi connectivity index (χ3v) is 2.79. The zero-order chi connectivity index (χ0) is 10.7. The molecule has 15 heavy (non-hydrogen) atoms. The Morgan fingerprint density at radius 3 is 2.80 bits per heavy atom. The van der Waals surface area contributed by atoms with Gasteiger partial charge in [0.15, 0.2) is 0 Å². The highest BCUT2D eigenvalue weighted by molar-refractivity contribution is 9.10. The third kappa shape index (κ3) is 2.02. The Labute approximate surface area is 97.2 Å². The Bertz CT molecular complexity index is 494. The topological polar surface area (TPSA) is 24.9 Å². The molecule has 1 aromatic carbocycles. The molecule has 0 radical (unpaired) electrons. The molecule has 0 aliphatic heterocycles. The minimum absolute atomic E-state index is 0.721. The van der Waals surface area contributed by atoms with Crippen molar-refractivity contribution in [3.8, 4) is 0 Å². The molecule has 0 fully saturated rings. The molecule has 0 saturated heterocycles. The smallest absolute Gasteiger partial charge is 0.134 e. The average molecular weight is 263 g/mol. The molecule has 0 aliphatic carbocycles. The number of anilines is 1. The molecule has 0 aliphatic rings. The molecule has 76 valence electrons. The fraction of sp³-hybridized carbons (Fsp3) is 0.0833. The van der Waals surface area contributed by atoms with E-state index in [1.165, 1.54) is 5.39 Å². The van der Waals surface area contributed by atoms with Crippen LogP contribution in [0.1, 0.15) is 0 Å². The second kappa shape index (κ2) is 4.45. The van der Waals surface area contributed by atoms with Gasteiger partial charge in [0.1, 0.15) is 5.82 Å². The SMILES string of the molecule is C=CCNc1ncc(Br)c2ccccc12. The van der Waals surface area contributed by atoms with Crippen LogP contribution in [-0.2, 0) is 0 Å². The lowest BCUT2D eigenvalue weighted by atomic mass is 10.1. The number of fused-ring (bicyclic) bond motifs is 1. The molecular formula is C12H11BrN2. The van der Waals surface area contributed by atoms with E-state index >= 15 is 0 Å². The fourth-order valence-electron chi connectivity index (χ4n) is 1.47. The molecule has 0 saturated carbocycles. The summed E-state index contributed by atoms with van der Waals surface area (Å²) in [5.74, 6) is 0.897. The van der Waals surface area contributed by atoms with Crippen LogP contribution in [0.25, 0.3) is 10.8 Å². The van der Waals surface area contributed by atoms with Gasteiger partial charge in [0.2, 0.25) is 0 Å². The van der Waals surface area contributed by atoms with Crippen molar-refractivity contribution in [3.63, 3.8) is 0 Å². The van der Waals surface area contributed by atoms with Gasteiger partial charge in [-0.3, -0.25) is 0 Å². The summed E-state index contributed by atoms with van der Waals surface area (Å²) < 4.78 is 1.02. The molecule has 2 aromatic rings. The van der Waals surface area contributed by atoms with Crippen LogP contribution in [0.2, 0.25) is 0 Å². The second-order valence-electron chi connectivity index (χ2n) is 3.17. The molecule has 0 spiro atoms. The zero-order valence-electron chi connectivity index (χ0n) is 8.20. The highest BCUT2D eigenvalue weighted by Crippen LogP contribution is 2.27. The van der Waals surface area contributed by atoms with Crippen molar-refractivity contribution >= 4 is 32.5 Å². The number of benzene rings is 1. The lowest BCUT2D eigenvalue weighted by molar-refractivity contribution is 1.24. The normalized spacial score (nSPS) is 10.2. The van der Waals surface area contributed by atoms with Crippen LogP contribution >= 0.6 is 15.9 Å². The van der Waals surface area contributed by atoms with E-state index in [0.717, 1.165) is 22.2 Å². The predicted molar refractivity (Wildman–Crippen MR) is 68.1 cm³/mol. The van der Waals surface area contributed by atoms with Gasteiger partial charge in [-0.15, -0.1) is 6.58 Å². The van der Waals surface area contributed by atoms with Gasteiger partial charge in [-0.25, -0.2) is 4.98 Å². The summed E-state index contributed by atoms with van der Waals surface area (Å²) >= 11 is 3.49. The van der Waals surface area contributed by atoms with Gasteiger partial charge in [0.25, 0.3) is 0 Å². The molecule has 1 aromatic heterocycles. The summed E-state index contributed by atoms with van der Waals surface area (Å²) in [7, 11) is 0. The number of hydrogen-bond acceptors (Lipinski definition) is 2. The lowest BCUT2D eigenvalue weighted by Gasteiger charge is -2.07. The van der Waals surface area contributed by atoms with Crippen LogP contribution in [0.3, 0.4) is 0 Å². The van der Waals surface area contributed by atoms with E-state index in [-0.39, 0.29) is 0 Å². The minimum atomic E-state index is 0.721. The number of aromatic nitrogens is 1. The first-order valence-electron chi connectivity index (χ1n) is 4.71. The first-order valence-corrected chi connectivity index (χ1v) is 5.50. The van der Waals surface area contributed by atoms with Crippen molar-refractivity contribution in [2.45, 2.75) is 0 Å². The summed E-state index contributed by atoms with van der Waals surface area (Å²) in [5.41, 5.74) is 0. The number of rotatable bonds is 3. The number of nitrogens with one attached hydrogen (secondary N) is 1. The Hall–Kier alpha value is -1.35. The predicted octanol–water partition coefficient (Wildman–Crippen LogP) is 3.60. The van der Waals surface area contributed by atoms with Gasteiger partial charge >= 0.3 is 0 Å². The van der Waals surface area contributed by atoms with E-state index in [4.69, 9.17) is 0 Å². The van der Waals surface area contributed by atoms with Crippen molar-refractivity contribution in [1.82, 2.24) is 4.98 Å². The van der Waals surface area contributed by atoms with Crippen LogP contribution in [-0.4, -0.2) is 11.5 Å².